The Morgan fingerprint density at radius 3 is 2.66 bits per heavy atom. The van der Waals surface area contributed by atoms with E-state index in [1.165, 1.54) is 12.8 Å². The lowest BCUT2D eigenvalue weighted by atomic mass is 9.96. The average molecular weight is 394 g/mol. The van der Waals surface area contributed by atoms with Crippen LogP contribution >= 0.6 is 0 Å². The number of hydrogen-bond donors (Lipinski definition) is 1. The first kappa shape index (κ1) is 18.1. The lowest BCUT2D eigenvalue weighted by Gasteiger charge is -2.33. The maximum Gasteiger partial charge on any atom is 0.255 e. The van der Waals surface area contributed by atoms with E-state index < -0.39 is 0 Å². The van der Waals surface area contributed by atoms with Gasteiger partial charge in [0.25, 0.3) is 5.91 Å². The summed E-state index contributed by atoms with van der Waals surface area (Å²) >= 11 is 0. The molecular formula is C21H26N6O2. The zero-order valence-electron chi connectivity index (χ0n) is 16.5. The van der Waals surface area contributed by atoms with Crippen LogP contribution in [0, 0.1) is 11.8 Å². The van der Waals surface area contributed by atoms with Crippen molar-refractivity contribution in [3.63, 3.8) is 0 Å². The number of fused-ring (bicyclic) bond motifs is 1. The lowest BCUT2D eigenvalue weighted by Crippen LogP contribution is -2.42. The van der Waals surface area contributed by atoms with Crippen LogP contribution in [0.2, 0.25) is 0 Å². The van der Waals surface area contributed by atoms with Gasteiger partial charge in [0.05, 0.1) is 24.1 Å². The molecule has 0 unspecified atom stereocenters. The van der Waals surface area contributed by atoms with Gasteiger partial charge in [0.2, 0.25) is 5.91 Å². The van der Waals surface area contributed by atoms with E-state index in [1.807, 2.05) is 28.4 Å². The number of piperidine rings is 1. The second kappa shape index (κ2) is 7.50. The van der Waals surface area contributed by atoms with E-state index in [1.54, 1.807) is 12.4 Å². The Morgan fingerprint density at radius 2 is 1.93 bits per heavy atom. The summed E-state index contributed by atoms with van der Waals surface area (Å²) in [6, 6.07) is 1.84. The first-order chi connectivity index (χ1) is 14.2. The SMILES string of the molecule is O=C(c1cnc2c(c1)N(CC1CC1)C(=O)CN2)N1CCC(Cn2ccnc2)CC1. The van der Waals surface area contributed by atoms with Crippen molar-refractivity contribution in [3.8, 4) is 0 Å². The summed E-state index contributed by atoms with van der Waals surface area (Å²) in [6.07, 6.45) is 11.6. The molecule has 2 aromatic rings. The summed E-state index contributed by atoms with van der Waals surface area (Å²) in [6.45, 7) is 3.44. The average Bonchev–Trinajstić information content (AvgIpc) is 3.43. The van der Waals surface area contributed by atoms with Crippen molar-refractivity contribution >= 4 is 23.3 Å². The molecule has 2 aromatic heterocycles. The molecule has 2 aliphatic heterocycles. The maximum atomic E-state index is 13.1. The standard InChI is InChI=1S/C21H26N6O2/c28-19-11-24-20-18(27(19)13-15-1-2-15)9-17(10-23-20)21(29)26-6-3-16(4-7-26)12-25-8-5-22-14-25/h5,8-10,14-16H,1-4,6-7,11-13H2,(H,23,24). The van der Waals surface area contributed by atoms with Crippen molar-refractivity contribution in [2.75, 3.05) is 36.4 Å². The quantitative estimate of drug-likeness (QED) is 0.839. The molecule has 0 spiro atoms. The number of rotatable bonds is 5. The third-order valence-corrected chi connectivity index (χ3v) is 6.18. The predicted molar refractivity (Wildman–Crippen MR) is 109 cm³/mol. The van der Waals surface area contributed by atoms with Crippen molar-refractivity contribution < 1.29 is 9.59 Å². The van der Waals surface area contributed by atoms with Gasteiger partial charge in [0, 0.05) is 44.8 Å². The number of carbonyl (C=O) groups excluding carboxylic acids is 2. The Kier molecular flexibility index (Phi) is 4.69. The van der Waals surface area contributed by atoms with Crippen molar-refractivity contribution in [2.45, 2.75) is 32.2 Å². The van der Waals surface area contributed by atoms with E-state index in [0.717, 1.165) is 44.7 Å². The van der Waals surface area contributed by atoms with E-state index in [2.05, 4.69) is 19.9 Å². The van der Waals surface area contributed by atoms with Crippen LogP contribution < -0.4 is 10.2 Å². The van der Waals surface area contributed by atoms with Gasteiger partial charge in [-0.25, -0.2) is 9.97 Å². The van der Waals surface area contributed by atoms with Crippen molar-refractivity contribution in [1.82, 2.24) is 19.4 Å². The highest BCUT2D eigenvalue weighted by molar-refractivity contribution is 6.04. The number of nitrogens with one attached hydrogen (secondary N) is 1. The number of pyridine rings is 1. The van der Waals surface area contributed by atoms with Crippen LogP contribution in [0.4, 0.5) is 11.5 Å². The molecule has 4 heterocycles. The van der Waals surface area contributed by atoms with Crippen LogP contribution in [0.3, 0.4) is 0 Å². The monoisotopic (exact) mass is 394 g/mol. The second-order valence-corrected chi connectivity index (χ2v) is 8.39. The number of nitrogens with zero attached hydrogens (tertiary/aromatic N) is 5. The number of imidazole rings is 1. The van der Waals surface area contributed by atoms with Crippen LogP contribution in [-0.2, 0) is 11.3 Å². The Bertz CT molecular complexity index is 900. The zero-order chi connectivity index (χ0) is 19.8. The maximum absolute atomic E-state index is 13.1. The minimum absolute atomic E-state index is 0.00535. The molecule has 29 heavy (non-hydrogen) atoms. The predicted octanol–water partition coefficient (Wildman–Crippen LogP) is 2.00. The van der Waals surface area contributed by atoms with Crippen LogP contribution in [0.15, 0.2) is 31.0 Å². The molecule has 0 aromatic carbocycles. The van der Waals surface area contributed by atoms with Crippen molar-refractivity contribution in [2.24, 2.45) is 11.8 Å². The fraction of sp³-hybridized carbons (Fsp3) is 0.524. The molecule has 3 aliphatic rings. The molecule has 0 atom stereocenters. The fourth-order valence-electron chi connectivity index (χ4n) is 4.25. The zero-order valence-corrected chi connectivity index (χ0v) is 16.5. The molecule has 1 saturated heterocycles. The first-order valence-electron chi connectivity index (χ1n) is 10.5. The summed E-state index contributed by atoms with van der Waals surface area (Å²) in [7, 11) is 0. The largest absolute Gasteiger partial charge is 0.359 e. The summed E-state index contributed by atoms with van der Waals surface area (Å²) in [5.74, 6) is 1.90. The first-order valence-corrected chi connectivity index (χ1v) is 10.5. The molecule has 2 fully saturated rings. The Labute approximate surface area is 169 Å². The molecule has 5 rings (SSSR count). The van der Waals surface area contributed by atoms with E-state index in [4.69, 9.17) is 0 Å². The number of anilines is 2. The lowest BCUT2D eigenvalue weighted by molar-refractivity contribution is -0.117. The van der Waals surface area contributed by atoms with Gasteiger partial charge in [0.1, 0.15) is 5.82 Å². The molecule has 1 saturated carbocycles. The van der Waals surface area contributed by atoms with Crippen LogP contribution in [-0.4, -0.2) is 57.4 Å². The fourth-order valence-corrected chi connectivity index (χ4v) is 4.25. The number of hydrogen-bond acceptors (Lipinski definition) is 5. The number of amides is 2. The molecule has 8 nitrogen and oxygen atoms in total. The number of likely N-dealkylation sites (tertiary alicyclic amines) is 1. The van der Waals surface area contributed by atoms with E-state index >= 15 is 0 Å². The van der Waals surface area contributed by atoms with Gasteiger partial charge in [-0.2, -0.15) is 0 Å². The second-order valence-electron chi connectivity index (χ2n) is 8.39. The van der Waals surface area contributed by atoms with Crippen LogP contribution in [0.1, 0.15) is 36.0 Å². The highest BCUT2D eigenvalue weighted by Crippen LogP contribution is 2.35. The molecule has 152 valence electrons. The Balaban J connectivity index is 1.27. The highest BCUT2D eigenvalue weighted by atomic mass is 16.2. The molecular weight excluding hydrogens is 368 g/mol. The van der Waals surface area contributed by atoms with Crippen LogP contribution in [0.25, 0.3) is 0 Å². The van der Waals surface area contributed by atoms with Gasteiger partial charge in [0.15, 0.2) is 0 Å². The number of aromatic nitrogens is 3. The van der Waals surface area contributed by atoms with Gasteiger partial charge in [-0.05, 0) is 43.6 Å². The van der Waals surface area contributed by atoms with E-state index in [9.17, 15) is 9.59 Å². The van der Waals surface area contributed by atoms with E-state index in [-0.39, 0.29) is 18.4 Å². The highest BCUT2D eigenvalue weighted by Gasteiger charge is 2.32. The normalized spacial score (nSPS) is 19.8. The summed E-state index contributed by atoms with van der Waals surface area (Å²) in [5, 5.41) is 3.07. The molecule has 2 amide bonds. The van der Waals surface area contributed by atoms with Crippen molar-refractivity contribution in [3.05, 3.63) is 36.5 Å². The summed E-state index contributed by atoms with van der Waals surface area (Å²) in [4.78, 5) is 37.8. The third kappa shape index (κ3) is 3.83. The molecule has 8 heteroatoms. The Hall–Kier alpha value is -2.90. The van der Waals surface area contributed by atoms with Gasteiger partial charge >= 0.3 is 0 Å². The molecule has 1 aliphatic carbocycles. The van der Waals surface area contributed by atoms with Gasteiger partial charge < -0.3 is 19.7 Å². The van der Waals surface area contributed by atoms with Gasteiger partial charge in [-0.1, -0.05) is 0 Å². The van der Waals surface area contributed by atoms with Gasteiger partial charge in [-0.15, -0.1) is 0 Å². The third-order valence-electron chi connectivity index (χ3n) is 6.18. The van der Waals surface area contributed by atoms with Gasteiger partial charge in [-0.3, -0.25) is 9.59 Å². The van der Waals surface area contributed by atoms with Crippen molar-refractivity contribution in [1.29, 1.82) is 0 Å². The summed E-state index contributed by atoms with van der Waals surface area (Å²) in [5.41, 5.74) is 1.31. The Morgan fingerprint density at radius 1 is 1.14 bits per heavy atom. The minimum atomic E-state index is 0.00535. The number of carbonyl (C=O) groups is 2. The molecule has 1 N–H and O–H groups in total. The molecule has 0 radical (unpaired) electrons. The summed E-state index contributed by atoms with van der Waals surface area (Å²) < 4.78 is 2.11. The topological polar surface area (TPSA) is 83.4 Å². The smallest absolute Gasteiger partial charge is 0.255 e. The van der Waals surface area contributed by atoms with Crippen LogP contribution in [0.5, 0.6) is 0 Å². The van der Waals surface area contributed by atoms with E-state index in [0.29, 0.717) is 23.2 Å². The minimum Gasteiger partial charge on any atom is -0.359 e. The molecule has 0 bridgehead atoms.